The number of carbonyl (C=O) groups is 2. The number of rotatable bonds is 5. The van der Waals surface area contributed by atoms with E-state index in [9.17, 15) is 9.59 Å². The first-order valence-electron chi connectivity index (χ1n) is 6.69. The highest BCUT2D eigenvalue weighted by Gasteiger charge is 2.23. The number of carbonyl (C=O) groups excluding carboxylic acids is 2. The van der Waals surface area contributed by atoms with Crippen LogP contribution in [0.25, 0.3) is 0 Å². The fourth-order valence-corrected chi connectivity index (χ4v) is 2.04. The molecule has 0 aromatic heterocycles. The molecular formula is C14H19N3O4. The second-order valence-electron chi connectivity index (χ2n) is 5.14. The van der Waals surface area contributed by atoms with Crippen molar-refractivity contribution < 1.29 is 19.1 Å². The molecule has 7 nitrogen and oxygen atoms in total. The molecule has 3 amide bonds. The molecule has 114 valence electrons. The third kappa shape index (κ3) is 3.77. The summed E-state index contributed by atoms with van der Waals surface area (Å²) in [5.74, 6) is 1.02. The molecule has 0 bridgehead atoms. The van der Waals surface area contributed by atoms with E-state index in [0.717, 1.165) is 5.56 Å². The molecule has 0 unspecified atom stereocenters. The Hall–Kier alpha value is -2.44. The lowest BCUT2D eigenvalue weighted by Crippen LogP contribution is -2.51. The van der Waals surface area contributed by atoms with E-state index < -0.39 is 12.1 Å². The number of benzene rings is 1. The molecule has 0 saturated heterocycles. The Bertz CT molecular complexity index is 545. The van der Waals surface area contributed by atoms with Crippen LogP contribution in [0.4, 0.5) is 4.79 Å². The van der Waals surface area contributed by atoms with Gasteiger partial charge in [0.1, 0.15) is 6.04 Å². The summed E-state index contributed by atoms with van der Waals surface area (Å²) in [6, 6.07) is 4.09. The monoisotopic (exact) mass is 293 g/mol. The maximum absolute atomic E-state index is 12.1. The maximum atomic E-state index is 12.1. The normalized spacial score (nSPS) is 13.9. The maximum Gasteiger partial charge on any atom is 0.312 e. The SMILES string of the molecule is CC(C)[C@@H](NC(N)=O)C(=O)NCc1ccc2c(c1)OCO2. The standard InChI is InChI=1S/C14H19N3O4/c1-8(2)12(17-14(15)19)13(18)16-6-9-3-4-10-11(5-9)21-7-20-10/h3-5,8,12H,6-7H2,1-2H3,(H,16,18)(H3,15,17,19)/t12-/m1/s1. The van der Waals surface area contributed by atoms with Gasteiger partial charge in [-0.25, -0.2) is 4.79 Å². The van der Waals surface area contributed by atoms with Crippen molar-refractivity contribution in [1.82, 2.24) is 10.6 Å². The predicted molar refractivity (Wildman–Crippen MR) is 75.8 cm³/mol. The summed E-state index contributed by atoms with van der Waals surface area (Å²) < 4.78 is 10.5. The van der Waals surface area contributed by atoms with Crippen molar-refractivity contribution in [3.63, 3.8) is 0 Å². The average molecular weight is 293 g/mol. The van der Waals surface area contributed by atoms with E-state index in [4.69, 9.17) is 15.2 Å². The van der Waals surface area contributed by atoms with Gasteiger partial charge >= 0.3 is 6.03 Å². The van der Waals surface area contributed by atoms with Crippen LogP contribution in [-0.2, 0) is 11.3 Å². The van der Waals surface area contributed by atoms with Gasteiger partial charge in [-0.2, -0.15) is 0 Å². The largest absolute Gasteiger partial charge is 0.454 e. The van der Waals surface area contributed by atoms with Gasteiger partial charge in [0.25, 0.3) is 0 Å². The third-order valence-electron chi connectivity index (χ3n) is 3.15. The number of nitrogens with two attached hydrogens (primary N) is 1. The quantitative estimate of drug-likeness (QED) is 0.744. The van der Waals surface area contributed by atoms with Crippen molar-refractivity contribution in [2.75, 3.05) is 6.79 Å². The van der Waals surface area contributed by atoms with Gasteiger partial charge in [-0.05, 0) is 23.6 Å². The summed E-state index contributed by atoms with van der Waals surface area (Å²) >= 11 is 0. The smallest absolute Gasteiger partial charge is 0.312 e. The van der Waals surface area contributed by atoms with Crippen LogP contribution in [0.15, 0.2) is 18.2 Å². The molecule has 21 heavy (non-hydrogen) atoms. The highest BCUT2D eigenvalue weighted by Crippen LogP contribution is 2.32. The van der Waals surface area contributed by atoms with Crippen molar-refractivity contribution in [1.29, 1.82) is 0 Å². The first-order valence-corrected chi connectivity index (χ1v) is 6.69. The second kappa shape index (κ2) is 6.34. The van der Waals surface area contributed by atoms with Gasteiger partial charge in [-0.15, -0.1) is 0 Å². The van der Waals surface area contributed by atoms with E-state index in [1.54, 1.807) is 6.07 Å². The van der Waals surface area contributed by atoms with Gasteiger partial charge in [-0.3, -0.25) is 4.79 Å². The van der Waals surface area contributed by atoms with Crippen LogP contribution in [0.5, 0.6) is 11.5 Å². The van der Waals surface area contributed by atoms with E-state index in [1.165, 1.54) is 0 Å². The Balaban J connectivity index is 1.95. The molecule has 1 atom stereocenters. The van der Waals surface area contributed by atoms with Gasteiger partial charge in [0.2, 0.25) is 12.7 Å². The van der Waals surface area contributed by atoms with Crippen LogP contribution in [0.3, 0.4) is 0 Å². The van der Waals surface area contributed by atoms with Gasteiger partial charge in [0, 0.05) is 6.54 Å². The molecular weight excluding hydrogens is 274 g/mol. The number of amides is 3. The van der Waals surface area contributed by atoms with Crippen molar-refractivity contribution in [3.8, 4) is 11.5 Å². The minimum absolute atomic E-state index is 0.0609. The Morgan fingerprint density at radius 1 is 1.29 bits per heavy atom. The van der Waals surface area contributed by atoms with E-state index in [-0.39, 0.29) is 18.6 Å². The van der Waals surface area contributed by atoms with Crippen molar-refractivity contribution in [2.45, 2.75) is 26.4 Å². The molecule has 1 aliphatic heterocycles. The number of nitrogens with one attached hydrogen (secondary N) is 2. The van der Waals surface area contributed by atoms with E-state index in [0.29, 0.717) is 18.0 Å². The summed E-state index contributed by atoms with van der Waals surface area (Å²) in [6.07, 6.45) is 0. The van der Waals surface area contributed by atoms with Crippen LogP contribution < -0.4 is 25.8 Å². The molecule has 2 rings (SSSR count). The minimum Gasteiger partial charge on any atom is -0.454 e. The van der Waals surface area contributed by atoms with Gasteiger partial charge in [0.15, 0.2) is 11.5 Å². The summed E-state index contributed by atoms with van der Waals surface area (Å²) in [5, 5.41) is 5.21. The van der Waals surface area contributed by atoms with Crippen molar-refractivity contribution >= 4 is 11.9 Å². The molecule has 4 N–H and O–H groups in total. The van der Waals surface area contributed by atoms with Crippen LogP contribution in [0.2, 0.25) is 0 Å². The highest BCUT2D eigenvalue weighted by molar-refractivity contribution is 5.86. The van der Waals surface area contributed by atoms with Crippen LogP contribution in [0.1, 0.15) is 19.4 Å². The highest BCUT2D eigenvalue weighted by atomic mass is 16.7. The molecule has 0 fully saturated rings. The zero-order chi connectivity index (χ0) is 15.4. The fourth-order valence-electron chi connectivity index (χ4n) is 2.04. The average Bonchev–Trinajstić information content (AvgIpc) is 2.89. The topological polar surface area (TPSA) is 103 Å². The third-order valence-corrected chi connectivity index (χ3v) is 3.15. The Labute approximate surface area is 122 Å². The lowest BCUT2D eigenvalue weighted by atomic mass is 10.0. The molecule has 1 aromatic carbocycles. The lowest BCUT2D eigenvalue weighted by Gasteiger charge is -2.20. The summed E-state index contributed by atoms with van der Waals surface area (Å²) in [5.41, 5.74) is 5.96. The molecule has 1 aliphatic rings. The fraction of sp³-hybridized carbons (Fsp3) is 0.429. The Kier molecular flexibility index (Phi) is 4.52. The van der Waals surface area contributed by atoms with Crippen LogP contribution >= 0.6 is 0 Å². The predicted octanol–water partition coefficient (Wildman–Crippen LogP) is 0.724. The van der Waals surface area contributed by atoms with Crippen LogP contribution in [-0.4, -0.2) is 24.8 Å². The van der Waals surface area contributed by atoms with E-state index >= 15 is 0 Å². The van der Waals surface area contributed by atoms with Gasteiger partial charge in [0.05, 0.1) is 0 Å². The van der Waals surface area contributed by atoms with Crippen molar-refractivity contribution in [2.24, 2.45) is 11.7 Å². The Morgan fingerprint density at radius 2 is 2.00 bits per heavy atom. The summed E-state index contributed by atoms with van der Waals surface area (Å²) in [6.45, 7) is 4.21. The molecule has 1 aromatic rings. The van der Waals surface area contributed by atoms with Gasteiger partial charge in [-0.1, -0.05) is 19.9 Å². The number of primary amides is 1. The second-order valence-corrected chi connectivity index (χ2v) is 5.14. The zero-order valence-corrected chi connectivity index (χ0v) is 12.0. The first kappa shape index (κ1) is 15.0. The first-order chi connectivity index (χ1) is 9.97. The minimum atomic E-state index is -0.716. The van der Waals surface area contributed by atoms with Crippen LogP contribution in [0, 0.1) is 5.92 Å². The molecule has 0 spiro atoms. The number of urea groups is 1. The molecule has 0 aliphatic carbocycles. The van der Waals surface area contributed by atoms with E-state index in [2.05, 4.69) is 10.6 Å². The number of hydrogen-bond donors (Lipinski definition) is 3. The van der Waals surface area contributed by atoms with E-state index in [1.807, 2.05) is 26.0 Å². The summed E-state index contributed by atoms with van der Waals surface area (Å²) in [4.78, 5) is 23.0. The van der Waals surface area contributed by atoms with Gasteiger partial charge < -0.3 is 25.8 Å². The summed E-state index contributed by atoms with van der Waals surface area (Å²) in [7, 11) is 0. The zero-order valence-electron chi connectivity index (χ0n) is 12.0. The number of ether oxygens (including phenoxy) is 2. The lowest BCUT2D eigenvalue weighted by molar-refractivity contribution is -0.124. The van der Waals surface area contributed by atoms with Crippen molar-refractivity contribution in [3.05, 3.63) is 23.8 Å². The number of fused-ring (bicyclic) bond motifs is 1. The molecule has 0 saturated carbocycles. The Morgan fingerprint density at radius 3 is 2.67 bits per heavy atom. The molecule has 7 heteroatoms. The molecule has 1 heterocycles. The molecule has 0 radical (unpaired) electrons. The number of hydrogen-bond acceptors (Lipinski definition) is 4.